The number of ether oxygens (including phenoxy) is 1. The van der Waals surface area contributed by atoms with Crippen molar-refractivity contribution >= 4 is 0 Å². The molecule has 102 valence electrons. The molecule has 0 aliphatic carbocycles. The SMILES string of the molecule is Cc1ccc(OC[C@H](O)CNCc2ccco2)cc1. The highest BCUT2D eigenvalue weighted by Crippen LogP contribution is 2.11. The van der Waals surface area contributed by atoms with Crippen LogP contribution in [0.15, 0.2) is 47.1 Å². The van der Waals surface area contributed by atoms with Gasteiger partial charge in [0.2, 0.25) is 0 Å². The van der Waals surface area contributed by atoms with E-state index in [1.54, 1.807) is 6.26 Å². The Hall–Kier alpha value is -1.78. The minimum atomic E-state index is -0.545. The van der Waals surface area contributed by atoms with Crippen LogP contribution in [0, 0.1) is 6.92 Å². The van der Waals surface area contributed by atoms with Crippen molar-refractivity contribution < 1.29 is 14.3 Å². The minimum Gasteiger partial charge on any atom is -0.491 e. The Kier molecular flexibility index (Phi) is 5.01. The zero-order valence-corrected chi connectivity index (χ0v) is 11.0. The summed E-state index contributed by atoms with van der Waals surface area (Å²) < 4.78 is 10.7. The largest absolute Gasteiger partial charge is 0.491 e. The fourth-order valence-electron chi connectivity index (χ4n) is 1.66. The fraction of sp³-hybridized carbons (Fsp3) is 0.333. The number of aryl methyl sites for hydroxylation is 1. The van der Waals surface area contributed by atoms with Gasteiger partial charge >= 0.3 is 0 Å². The van der Waals surface area contributed by atoms with E-state index in [4.69, 9.17) is 9.15 Å². The molecule has 1 heterocycles. The first-order valence-corrected chi connectivity index (χ1v) is 6.34. The number of aliphatic hydroxyl groups excluding tert-OH is 1. The molecule has 1 aromatic heterocycles. The summed E-state index contributed by atoms with van der Waals surface area (Å²) in [4.78, 5) is 0. The summed E-state index contributed by atoms with van der Waals surface area (Å²) in [5, 5.41) is 12.9. The summed E-state index contributed by atoms with van der Waals surface area (Å²) in [5.41, 5.74) is 1.19. The van der Waals surface area contributed by atoms with E-state index in [9.17, 15) is 5.11 Å². The first kappa shape index (κ1) is 13.6. The number of hydrogen-bond acceptors (Lipinski definition) is 4. The second-order valence-corrected chi connectivity index (χ2v) is 4.49. The Morgan fingerprint density at radius 3 is 2.74 bits per heavy atom. The van der Waals surface area contributed by atoms with Gasteiger partial charge in [-0.15, -0.1) is 0 Å². The Morgan fingerprint density at radius 1 is 1.26 bits per heavy atom. The lowest BCUT2D eigenvalue weighted by Crippen LogP contribution is -2.31. The third-order valence-corrected chi connectivity index (χ3v) is 2.72. The van der Waals surface area contributed by atoms with E-state index in [1.807, 2.05) is 43.3 Å². The van der Waals surface area contributed by atoms with Crippen LogP contribution in [0.1, 0.15) is 11.3 Å². The molecule has 4 nitrogen and oxygen atoms in total. The van der Waals surface area contributed by atoms with Crippen molar-refractivity contribution in [2.24, 2.45) is 0 Å². The van der Waals surface area contributed by atoms with E-state index < -0.39 is 6.10 Å². The van der Waals surface area contributed by atoms with E-state index in [2.05, 4.69) is 5.32 Å². The highest BCUT2D eigenvalue weighted by Gasteiger charge is 2.05. The lowest BCUT2D eigenvalue weighted by Gasteiger charge is -2.13. The molecule has 4 heteroatoms. The average Bonchev–Trinajstić information content (AvgIpc) is 2.91. The molecule has 0 spiro atoms. The van der Waals surface area contributed by atoms with Crippen molar-refractivity contribution in [1.29, 1.82) is 0 Å². The third-order valence-electron chi connectivity index (χ3n) is 2.72. The van der Waals surface area contributed by atoms with Crippen molar-refractivity contribution in [3.63, 3.8) is 0 Å². The number of nitrogens with one attached hydrogen (secondary N) is 1. The second kappa shape index (κ2) is 6.97. The number of hydrogen-bond donors (Lipinski definition) is 2. The van der Waals surface area contributed by atoms with Gasteiger partial charge in [-0.1, -0.05) is 17.7 Å². The molecule has 0 radical (unpaired) electrons. The van der Waals surface area contributed by atoms with Gasteiger partial charge in [0, 0.05) is 6.54 Å². The Labute approximate surface area is 113 Å². The molecule has 0 aliphatic heterocycles. The fourth-order valence-corrected chi connectivity index (χ4v) is 1.66. The maximum atomic E-state index is 9.78. The average molecular weight is 261 g/mol. The van der Waals surface area contributed by atoms with Gasteiger partial charge < -0.3 is 19.6 Å². The smallest absolute Gasteiger partial charge is 0.119 e. The van der Waals surface area contributed by atoms with Crippen LogP contribution in [0.25, 0.3) is 0 Å². The van der Waals surface area contributed by atoms with Gasteiger partial charge in [0.05, 0.1) is 12.8 Å². The van der Waals surface area contributed by atoms with Crippen LogP contribution in [0.3, 0.4) is 0 Å². The molecule has 0 saturated heterocycles. The molecule has 1 atom stereocenters. The second-order valence-electron chi connectivity index (χ2n) is 4.49. The Bertz CT molecular complexity index is 465. The van der Waals surface area contributed by atoms with Crippen LogP contribution in [0.4, 0.5) is 0 Å². The van der Waals surface area contributed by atoms with Gasteiger partial charge in [0.25, 0.3) is 0 Å². The number of benzene rings is 1. The molecule has 0 saturated carbocycles. The third kappa shape index (κ3) is 4.77. The zero-order valence-electron chi connectivity index (χ0n) is 11.0. The lowest BCUT2D eigenvalue weighted by molar-refractivity contribution is 0.105. The Morgan fingerprint density at radius 2 is 2.05 bits per heavy atom. The molecule has 0 fully saturated rings. The van der Waals surface area contributed by atoms with E-state index in [1.165, 1.54) is 5.56 Å². The lowest BCUT2D eigenvalue weighted by atomic mass is 10.2. The molecule has 2 aromatic rings. The normalized spacial score (nSPS) is 12.3. The molecular weight excluding hydrogens is 242 g/mol. The van der Waals surface area contributed by atoms with Crippen molar-refractivity contribution in [2.75, 3.05) is 13.2 Å². The predicted molar refractivity (Wildman–Crippen MR) is 73.1 cm³/mol. The van der Waals surface area contributed by atoms with Crippen LogP contribution in [0.2, 0.25) is 0 Å². The van der Waals surface area contributed by atoms with E-state index >= 15 is 0 Å². The summed E-state index contributed by atoms with van der Waals surface area (Å²) in [6.45, 7) is 3.37. The maximum Gasteiger partial charge on any atom is 0.119 e. The van der Waals surface area contributed by atoms with Crippen LogP contribution >= 0.6 is 0 Å². The summed E-state index contributed by atoms with van der Waals surface area (Å²) in [6, 6.07) is 11.5. The molecular formula is C15H19NO3. The highest BCUT2D eigenvalue weighted by molar-refractivity contribution is 5.26. The van der Waals surface area contributed by atoms with Crippen molar-refractivity contribution in [2.45, 2.75) is 19.6 Å². The molecule has 2 N–H and O–H groups in total. The summed E-state index contributed by atoms with van der Waals surface area (Å²) >= 11 is 0. The first-order chi connectivity index (χ1) is 9.24. The van der Waals surface area contributed by atoms with E-state index in [0.717, 1.165) is 11.5 Å². The quantitative estimate of drug-likeness (QED) is 0.801. The molecule has 19 heavy (non-hydrogen) atoms. The van der Waals surface area contributed by atoms with Crippen LogP contribution in [-0.2, 0) is 6.54 Å². The van der Waals surface area contributed by atoms with Gasteiger partial charge in [-0.25, -0.2) is 0 Å². The topological polar surface area (TPSA) is 54.6 Å². The minimum absolute atomic E-state index is 0.272. The highest BCUT2D eigenvalue weighted by atomic mass is 16.5. The van der Waals surface area contributed by atoms with Gasteiger partial charge in [-0.05, 0) is 31.2 Å². The number of rotatable bonds is 7. The van der Waals surface area contributed by atoms with E-state index in [-0.39, 0.29) is 6.61 Å². The predicted octanol–water partition coefficient (Wildman–Crippen LogP) is 2.12. The van der Waals surface area contributed by atoms with Crippen LogP contribution < -0.4 is 10.1 Å². The van der Waals surface area contributed by atoms with Gasteiger partial charge in [0.1, 0.15) is 24.2 Å². The van der Waals surface area contributed by atoms with Crippen molar-refractivity contribution in [3.05, 3.63) is 54.0 Å². The molecule has 0 bridgehead atoms. The zero-order chi connectivity index (χ0) is 13.5. The molecule has 2 rings (SSSR count). The molecule has 0 aliphatic rings. The maximum absolute atomic E-state index is 9.78. The van der Waals surface area contributed by atoms with Crippen molar-refractivity contribution in [1.82, 2.24) is 5.32 Å². The Balaban J connectivity index is 1.64. The summed E-state index contributed by atoms with van der Waals surface area (Å²) in [7, 11) is 0. The molecule has 0 unspecified atom stereocenters. The van der Waals surface area contributed by atoms with Crippen LogP contribution in [-0.4, -0.2) is 24.4 Å². The molecule has 0 amide bonds. The first-order valence-electron chi connectivity index (χ1n) is 6.34. The number of aliphatic hydroxyl groups is 1. The standard InChI is InChI=1S/C15H19NO3/c1-12-4-6-14(7-5-12)19-11-13(17)9-16-10-15-3-2-8-18-15/h2-8,13,16-17H,9-11H2,1H3/t13-/m1/s1. The van der Waals surface area contributed by atoms with Gasteiger partial charge in [-0.3, -0.25) is 0 Å². The van der Waals surface area contributed by atoms with E-state index in [0.29, 0.717) is 13.1 Å². The summed E-state index contributed by atoms with van der Waals surface area (Å²) in [6.07, 6.45) is 1.09. The number of furan rings is 1. The van der Waals surface area contributed by atoms with Gasteiger partial charge in [-0.2, -0.15) is 0 Å². The van der Waals surface area contributed by atoms with Crippen LogP contribution in [0.5, 0.6) is 5.75 Å². The van der Waals surface area contributed by atoms with Gasteiger partial charge in [0.15, 0.2) is 0 Å². The molecule has 1 aromatic carbocycles. The van der Waals surface area contributed by atoms with Crippen molar-refractivity contribution in [3.8, 4) is 5.75 Å². The monoisotopic (exact) mass is 261 g/mol. The summed E-state index contributed by atoms with van der Waals surface area (Å²) in [5.74, 6) is 1.63.